The Morgan fingerprint density at radius 2 is 0.631 bits per heavy atom. The van der Waals surface area contributed by atoms with E-state index < -0.39 is 91.4 Å². The SMILES string of the molecule is CC(=O)O.COC(=O)C1=C(C)N=c2s/c(=C/c3ccc(-c4ccccc4[N+](=O)[O-])o3)c(=O)n2C1c1ccc(OC(C)=O)c(OC)c1.COC(=O)C1=C(C)N=c2s/c(=C/c3ccc(-c4ccccc4[N+](=O)[O-])o3)c(=O)n2C1c1ccc(OC(C)=O)c(OC)c1.COC(=O)C1=C(C)N=c2s/c(=C/c3ccc(-c4ccccc4[N+](=O)[O-])o3)c(=O)n2C1c1ccc(OC(C)=O)c(OC)c1. The van der Waals surface area contributed by atoms with Crippen LogP contribution in [0.2, 0.25) is 0 Å². The summed E-state index contributed by atoms with van der Waals surface area (Å²) in [6.07, 6.45) is 4.54. The number of aromatic nitrogens is 3. The summed E-state index contributed by atoms with van der Waals surface area (Å²) in [6.45, 7) is 9.80. The van der Waals surface area contributed by atoms with Crippen molar-refractivity contribution in [2.24, 2.45) is 15.0 Å². The van der Waals surface area contributed by atoms with Crippen LogP contribution in [-0.2, 0) is 47.8 Å². The summed E-state index contributed by atoms with van der Waals surface area (Å²) < 4.78 is 69.4. The van der Waals surface area contributed by atoms with Crippen LogP contribution in [0.1, 0.15) is 101 Å². The number of esters is 6. The minimum Gasteiger partial charge on any atom is -0.493 e. The van der Waals surface area contributed by atoms with Crippen molar-refractivity contribution in [2.75, 3.05) is 42.7 Å². The molecule has 0 fully saturated rings. The van der Waals surface area contributed by atoms with Gasteiger partial charge in [0, 0.05) is 64.1 Å². The number of methoxy groups -OCH3 is 6. The highest BCUT2D eigenvalue weighted by molar-refractivity contribution is 7.07. The molecular weight excluding hydrogens is 1760 g/mol. The molecule has 0 saturated carbocycles. The lowest BCUT2D eigenvalue weighted by Crippen LogP contribution is -2.39. The molecule has 6 aromatic carbocycles. The van der Waals surface area contributed by atoms with E-state index in [9.17, 15) is 73.5 Å². The third kappa shape index (κ3) is 19.8. The van der Waals surface area contributed by atoms with Crippen LogP contribution in [0.15, 0.2) is 240 Å². The average Bonchev–Trinajstić information content (AvgIpc) is 1.57. The second kappa shape index (κ2) is 39.8. The van der Waals surface area contributed by atoms with Gasteiger partial charge in [0.15, 0.2) is 48.9 Å². The summed E-state index contributed by atoms with van der Waals surface area (Å²) >= 11 is 3.26. The number of benzene rings is 6. The molecule has 0 bridgehead atoms. The summed E-state index contributed by atoms with van der Waals surface area (Å²) in [4.78, 5) is 171. The van der Waals surface area contributed by atoms with Crippen LogP contribution in [0.4, 0.5) is 17.1 Å². The maximum absolute atomic E-state index is 13.8. The zero-order valence-electron chi connectivity index (χ0n) is 70.7. The first-order valence-electron chi connectivity index (χ1n) is 38.2. The van der Waals surface area contributed by atoms with Gasteiger partial charge in [-0.15, -0.1) is 0 Å². The summed E-state index contributed by atoms with van der Waals surface area (Å²) in [5.41, 5.74) is 2.19. The number of carbonyl (C=O) groups excluding carboxylic acids is 6. The number of carbonyl (C=O) groups is 7. The Morgan fingerprint density at radius 1 is 0.385 bits per heavy atom. The Labute approximate surface area is 743 Å². The van der Waals surface area contributed by atoms with Crippen molar-refractivity contribution >= 4 is 111 Å². The molecule has 0 spiro atoms. The first kappa shape index (κ1) is 92.7. The van der Waals surface area contributed by atoms with Crippen molar-refractivity contribution < 1.29 is 109 Å². The number of allylic oxidation sites excluding steroid dienone is 3. The van der Waals surface area contributed by atoms with E-state index in [0.29, 0.717) is 82.2 Å². The van der Waals surface area contributed by atoms with E-state index in [1.807, 2.05) is 0 Å². The Morgan fingerprint density at radius 3 is 0.854 bits per heavy atom. The average molecular weight is 1830 g/mol. The highest BCUT2D eigenvalue weighted by Gasteiger charge is 2.38. The largest absolute Gasteiger partial charge is 0.493 e. The first-order valence-corrected chi connectivity index (χ1v) is 40.7. The third-order valence-corrected chi connectivity index (χ3v) is 22.3. The third-order valence-electron chi connectivity index (χ3n) is 19.4. The molecule has 12 aromatic rings. The van der Waals surface area contributed by atoms with Crippen molar-refractivity contribution in [1.82, 2.24) is 13.7 Å². The van der Waals surface area contributed by atoms with E-state index in [2.05, 4.69) is 15.0 Å². The number of fused-ring (bicyclic) bond motifs is 3. The highest BCUT2D eigenvalue weighted by atomic mass is 32.1. The van der Waals surface area contributed by atoms with Crippen LogP contribution in [-0.4, -0.2) is 118 Å². The monoisotopic (exact) mass is 1830 g/mol. The number of hydrogen-bond acceptors (Lipinski definition) is 34. The molecule has 38 nitrogen and oxygen atoms in total. The van der Waals surface area contributed by atoms with Gasteiger partial charge in [-0.05, 0) is 128 Å². The summed E-state index contributed by atoms with van der Waals surface area (Å²) in [6, 6.07) is 39.5. The van der Waals surface area contributed by atoms with E-state index in [1.165, 1.54) is 132 Å². The maximum Gasteiger partial charge on any atom is 0.338 e. The number of hydrogen-bond donors (Lipinski definition) is 1. The van der Waals surface area contributed by atoms with Gasteiger partial charge in [-0.3, -0.25) is 77.6 Å². The van der Waals surface area contributed by atoms with Crippen LogP contribution in [0.25, 0.3) is 52.2 Å². The zero-order valence-corrected chi connectivity index (χ0v) is 73.1. The predicted molar refractivity (Wildman–Crippen MR) is 466 cm³/mol. The number of nitro groups is 3. The number of furan rings is 3. The number of para-hydroxylation sites is 3. The van der Waals surface area contributed by atoms with E-state index in [0.717, 1.165) is 40.9 Å². The Kier molecular flexibility index (Phi) is 28.4. The molecule has 15 rings (SSSR count). The number of nitrogens with zero attached hydrogens (tertiary/aromatic N) is 9. The van der Waals surface area contributed by atoms with E-state index in [4.69, 9.17) is 65.8 Å². The van der Waals surface area contributed by atoms with Gasteiger partial charge in [0.1, 0.15) is 34.6 Å². The van der Waals surface area contributed by atoms with Crippen molar-refractivity contribution in [3.05, 3.63) is 321 Å². The fourth-order valence-electron chi connectivity index (χ4n) is 13.9. The van der Waals surface area contributed by atoms with Crippen LogP contribution in [0.3, 0.4) is 0 Å². The van der Waals surface area contributed by atoms with E-state index in [-0.39, 0.29) is 99.2 Å². The molecule has 1 N–H and O–H groups in total. The van der Waals surface area contributed by atoms with Gasteiger partial charge >= 0.3 is 35.8 Å². The minimum atomic E-state index is -0.935. The van der Waals surface area contributed by atoms with Gasteiger partial charge in [-0.2, -0.15) is 0 Å². The number of carboxylic acid groups (broad SMARTS) is 1. The van der Waals surface area contributed by atoms with Gasteiger partial charge in [0.2, 0.25) is 0 Å². The van der Waals surface area contributed by atoms with E-state index in [1.54, 1.807) is 148 Å². The summed E-state index contributed by atoms with van der Waals surface area (Å²) in [7, 11) is 7.92. The van der Waals surface area contributed by atoms with Crippen molar-refractivity contribution in [1.29, 1.82) is 0 Å². The van der Waals surface area contributed by atoms with Gasteiger partial charge in [0.05, 0.1) is 140 Å². The summed E-state index contributed by atoms with van der Waals surface area (Å²) in [5, 5.41) is 41.8. The van der Waals surface area contributed by atoms with Crippen LogP contribution in [0, 0.1) is 30.3 Å². The summed E-state index contributed by atoms with van der Waals surface area (Å²) in [5.74, 6) is -1.58. The fourth-order valence-corrected chi connectivity index (χ4v) is 17.0. The number of ether oxygens (including phenoxy) is 9. The maximum atomic E-state index is 13.8. The molecule has 0 amide bonds. The zero-order chi connectivity index (χ0) is 94.0. The second-order valence-electron chi connectivity index (χ2n) is 27.7. The number of aliphatic carboxylic acids is 1. The predicted octanol–water partition coefficient (Wildman–Crippen LogP) is 10.6. The first-order chi connectivity index (χ1) is 62.1. The Hall–Kier alpha value is -16.4. The lowest BCUT2D eigenvalue weighted by Gasteiger charge is -2.25. The minimum absolute atomic E-state index is 0.112. The lowest BCUT2D eigenvalue weighted by atomic mass is 9.95. The molecule has 3 aliphatic rings. The molecule has 0 aliphatic carbocycles. The molecule has 3 aliphatic heterocycles. The molecule has 41 heteroatoms. The van der Waals surface area contributed by atoms with Crippen molar-refractivity contribution in [3.8, 4) is 68.5 Å². The van der Waals surface area contributed by atoms with Gasteiger partial charge in [-0.1, -0.05) is 88.6 Å². The molecule has 666 valence electrons. The topological polar surface area (TPSA) is 495 Å². The smallest absolute Gasteiger partial charge is 0.338 e. The number of rotatable bonds is 21. The number of carboxylic acids is 1. The molecule has 3 unspecified atom stereocenters. The van der Waals surface area contributed by atoms with Crippen LogP contribution < -0.4 is 73.1 Å². The van der Waals surface area contributed by atoms with Gasteiger partial charge in [-0.25, -0.2) is 29.4 Å². The highest BCUT2D eigenvalue weighted by Crippen LogP contribution is 2.42. The number of thiazole rings is 3. The van der Waals surface area contributed by atoms with Gasteiger partial charge < -0.3 is 61.0 Å². The van der Waals surface area contributed by atoms with Crippen molar-refractivity contribution in [2.45, 2.75) is 66.6 Å². The Balaban J connectivity index is 0.000000173. The molecule has 9 heterocycles. The normalized spacial score (nSPS) is 14.4. The molecule has 130 heavy (non-hydrogen) atoms. The lowest BCUT2D eigenvalue weighted by molar-refractivity contribution is -0.384. The molecular formula is C89H73N9O29S3. The standard InChI is InChI=1S/3C29H23N3O9S.C2H4O2/c3*1-15-25(28(35)39-4)26(17-9-11-22(40-16(2)33)23(13-17)38-3)31-27(34)24(42-29(31)30-15)14-18-10-12-21(41-18)19-7-5-6-8-20(19)32(36)37;1-2(3)4/h3*5-14,26H,1-4H3;1H3,(H,3,4)/b3*24-14+;. The Bertz CT molecular complexity index is 6690. The van der Waals surface area contributed by atoms with Crippen molar-refractivity contribution in [3.63, 3.8) is 0 Å². The number of nitro benzene ring substituents is 3. The quantitative estimate of drug-likeness (QED) is 0.0229. The molecule has 3 atom stereocenters. The van der Waals surface area contributed by atoms with Gasteiger partial charge in [0.25, 0.3) is 39.7 Å². The second-order valence-corrected chi connectivity index (χ2v) is 30.7. The molecule has 0 saturated heterocycles. The van der Waals surface area contributed by atoms with E-state index >= 15 is 0 Å². The fraction of sp³-hybridized carbons (Fsp3) is 0.180. The molecule has 0 radical (unpaired) electrons. The van der Waals surface area contributed by atoms with Crippen LogP contribution in [0.5, 0.6) is 34.5 Å². The van der Waals surface area contributed by atoms with Crippen LogP contribution >= 0.6 is 34.0 Å². The molecule has 6 aromatic heterocycles.